The van der Waals surface area contributed by atoms with E-state index in [0.717, 1.165) is 44.5 Å². The SMILES string of the molecule is Cc1ccc(S(=O)(=O)N[C@H](Cc2ccccc2)C(=O)NCc2ccc(C3O[C@H](CN(C)[C@@H](C)[C@H](O)c4ccccc4)[C@@H](c4ccccc4)[C@H](c4ccc(CO)cc4)O3)cc2)cc1. The van der Waals surface area contributed by atoms with Gasteiger partial charge < -0.3 is 25.0 Å². The van der Waals surface area contributed by atoms with E-state index in [9.17, 15) is 23.4 Å². The fourth-order valence-corrected chi connectivity index (χ4v) is 9.10. The molecule has 1 fully saturated rings. The number of carbonyl (C=O) groups is 1. The zero-order valence-corrected chi connectivity index (χ0v) is 36.1. The van der Waals surface area contributed by atoms with Crippen LogP contribution in [-0.2, 0) is 43.9 Å². The third kappa shape index (κ3) is 11.1. The summed E-state index contributed by atoms with van der Waals surface area (Å²) in [4.78, 5) is 16.0. The Balaban J connectivity index is 1.12. The number of nitrogens with one attached hydrogen (secondary N) is 2. The number of hydrogen-bond acceptors (Lipinski definition) is 8. The lowest BCUT2D eigenvalue weighted by Crippen LogP contribution is -2.47. The largest absolute Gasteiger partial charge is 0.392 e. The van der Waals surface area contributed by atoms with E-state index in [-0.39, 0.29) is 42.5 Å². The minimum atomic E-state index is -3.99. The molecule has 4 N–H and O–H groups in total. The number of sulfonamides is 1. The molecule has 0 spiro atoms. The van der Waals surface area contributed by atoms with Gasteiger partial charge in [0.25, 0.3) is 0 Å². The molecule has 6 aromatic carbocycles. The molecule has 0 saturated carbocycles. The summed E-state index contributed by atoms with van der Waals surface area (Å²) in [6.45, 7) is 4.47. The summed E-state index contributed by atoms with van der Waals surface area (Å²) < 4.78 is 43.3. The third-order valence-corrected chi connectivity index (χ3v) is 13.2. The summed E-state index contributed by atoms with van der Waals surface area (Å²) in [7, 11) is -1.99. The molecule has 62 heavy (non-hydrogen) atoms. The van der Waals surface area contributed by atoms with E-state index in [0.29, 0.717) is 6.54 Å². The Morgan fingerprint density at radius 2 is 1.29 bits per heavy atom. The predicted octanol–water partition coefficient (Wildman–Crippen LogP) is 7.69. The molecule has 0 aliphatic carbocycles. The van der Waals surface area contributed by atoms with Crippen molar-refractivity contribution in [2.24, 2.45) is 0 Å². The zero-order chi connectivity index (χ0) is 43.6. The number of aliphatic hydroxyl groups excluding tert-OH is 2. The fourth-order valence-electron chi connectivity index (χ4n) is 7.90. The van der Waals surface area contributed by atoms with Gasteiger partial charge >= 0.3 is 0 Å². The molecule has 7 atom stereocenters. The van der Waals surface area contributed by atoms with Crippen molar-refractivity contribution in [1.29, 1.82) is 0 Å². The number of benzene rings is 6. The molecule has 1 saturated heterocycles. The predicted molar refractivity (Wildman–Crippen MR) is 240 cm³/mol. The number of carbonyl (C=O) groups excluding carboxylic acids is 1. The first kappa shape index (κ1) is 44.6. The minimum Gasteiger partial charge on any atom is -0.392 e. The normalized spacial score (nSPS) is 19.4. The maximum Gasteiger partial charge on any atom is 0.241 e. The van der Waals surface area contributed by atoms with Gasteiger partial charge in [-0.15, -0.1) is 0 Å². The Kier molecular flexibility index (Phi) is 14.8. The molecule has 1 unspecified atom stereocenters. The number of aliphatic hydroxyl groups is 2. The van der Waals surface area contributed by atoms with Crippen LogP contribution in [0, 0.1) is 6.92 Å². The molecule has 1 aliphatic heterocycles. The summed E-state index contributed by atoms with van der Waals surface area (Å²) in [6.07, 6.45) is -2.12. The summed E-state index contributed by atoms with van der Waals surface area (Å²) in [5, 5.41) is 24.2. The number of aryl methyl sites for hydroxylation is 1. The first-order valence-electron chi connectivity index (χ1n) is 21.0. The molecule has 322 valence electrons. The van der Waals surface area contributed by atoms with Gasteiger partial charge in [0.2, 0.25) is 15.9 Å². The molecule has 0 bridgehead atoms. The average molecular weight is 854 g/mol. The molecule has 1 amide bonds. The first-order valence-corrected chi connectivity index (χ1v) is 22.5. The number of amides is 1. The van der Waals surface area contributed by atoms with E-state index in [1.54, 1.807) is 12.1 Å². The smallest absolute Gasteiger partial charge is 0.241 e. The number of hydrogen-bond donors (Lipinski definition) is 4. The second kappa shape index (κ2) is 20.6. The fraction of sp³-hybridized carbons (Fsp3) is 0.275. The summed E-state index contributed by atoms with van der Waals surface area (Å²) in [6, 6.07) is 49.8. The lowest BCUT2D eigenvalue weighted by molar-refractivity contribution is -0.264. The van der Waals surface area contributed by atoms with Gasteiger partial charge in [-0.25, -0.2) is 8.42 Å². The topological polar surface area (TPSA) is 137 Å². The van der Waals surface area contributed by atoms with Gasteiger partial charge in [0.05, 0.1) is 29.8 Å². The number of rotatable bonds is 17. The maximum atomic E-state index is 13.7. The van der Waals surface area contributed by atoms with Crippen molar-refractivity contribution >= 4 is 15.9 Å². The quantitative estimate of drug-likeness (QED) is 0.0734. The molecule has 0 radical (unpaired) electrons. The van der Waals surface area contributed by atoms with Crippen molar-refractivity contribution in [1.82, 2.24) is 14.9 Å². The van der Waals surface area contributed by atoms with Crippen molar-refractivity contribution in [2.75, 3.05) is 13.6 Å². The van der Waals surface area contributed by atoms with Crippen LogP contribution in [0.3, 0.4) is 0 Å². The van der Waals surface area contributed by atoms with Crippen LogP contribution in [0.25, 0.3) is 0 Å². The summed E-state index contributed by atoms with van der Waals surface area (Å²) in [5.41, 5.74) is 6.96. The van der Waals surface area contributed by atoms with Crippen LogP contribution in [0.15, 0.2) is 169 Å². The van der Waals surface area contributed by atoms with Crippen molar-refractivity contribution in [2.45, 2.75) is 80.9 Å². The molecule has 10 nitrogen and oxygen atoms in total. The van der Waals surface area contributed by atoms with Gasteiger partial charge in [-0.1, -0.05) is 157 Å². The maximum absolute atomic E-state index is 13.7. The highest BCUT2D eigenvalue weighted by Gasteiger charge is 2.43. The van der Waals surface area contributed by atoms with E-state index in [4.69, 9.17) is 9.47 Å². The molecule has 11 heteroatoms. The molecule has 1 aliphatic rings. The highest BCUT2D eigenvalue weighted by Crippen LogP contribution is 2.47. The Bertz CT molecular complexity index is 2440. The highest BCUT2D eigenvalue weighted by molar-refractivity contribution is 7.89. The molecule has 1 heterocycles. The Hall–Kier alpha value is -5.50. The van der Waals surface area contributed by atoms with Gasteiger partial charge in [0.15, 0.2) is 6.29 Å². The van der Waals surface area contributed by atoms with E-state index in [2.05, 4.69) is 27.1 Å². The van der Waals surface area contributed by atoms with Gasteiger partial charge in [0, 0.05) is 30.6 Å². The molecule has 7 rings (SSSR count). The van der Waals surface area contributed by atoms with E-state index in [1.807, 2.05) is 148 Å². The first-order chi connectivity index (χ1) is 30.0. The van der Waals surface area contributed by atoms with Crippen LogP contribution in [-0.4, -0.2) is 61.2 Å². The van der Waals surface area contributed by atoms with Gasteiger partial charge in [-0.2, -0.15) is 4.72 Å². The number of nitrogens with zero attached hydrogens (tertiary/aromatic N) is 1. The molecule has 0 aromatic heterocycles. The van der Waals surface area contributed by atoms with Gasteiger partial charge in [0.1, 0.15) is 6.04 Å². The van der Waals surface area contributed by atoms with Crippen LogP contribution >= 0.6 is 0 Å². The lowest BCUT2D eigenvalue weighted by Gasteiger charge is -2.45. The molecular weight excluding hydrogens is 799 g/mol. The van der Waals surface area contributed by atoms with Crippen molar-refractivity contribution in [3.05, 3.63) is 208 Å². The van der Waals surface area contributed by atoms with E-state index < -0.39 is 40.5 Å². The van der Waals surface area contributed by atoms with E-state index in [1.165, 1.54) is 12.1 Å². The highest BCUT2D eigenvalue weighted by atomic mass is 32.2. The Morgan fingerprint density at radius 3 is 1.92 bits per heavy atom. The molecule has 6 aromatic rings. The Morgan fingerprint density at radius 1 is 0.710 bits per heavy atom. The second-order valence-corrected chi connectivity index (χ2v) is 17.8. The van der Waals surface area contributed by atoms with Crippen LogP contribution in [0.2, 0.25) is 0 Å². The monoisotopic (exact) mass is 853 g/mol. The average Bonchev–Trinajstić information content (AvgIpc) is 3.31. The zero-order valence-electron chi connectivity index (χ0n) is 35.2. The Labute approximate surface area is 365 Å². The van der Waals surface area contributed by atoms with Crippen LogP contribution < -0.4 is 10.0 Å². The van der Waals surface area contributed by atoms with Crippen LogP contribution in [0.1, 0.15) is 75.8 Å². The van der Waals surface area contributed by atoms with Crippen molar-refractivity contribution < 1.29 is 32.9 Å². The van der Waals surface area contributed by atoms with Gasteiger partial charge in [-0.05, 0) is 72.8 Å². The van der Waals surface area contributed by atoms with Crippen LogP contribution in [0.4, 0.5) is 0 Å². The number of likely N-dealkylation sites (N-methyl/N-ethyl adjacent to an activating group) is 1. The number of ether oxygens (including phenoxy) is 2. The lowest BCUT2D eigenvalue weighted by atomic mass is 9.83. The summed E-state index contributed by atoms with van der Waals surface area (Å²) >= 11 is 0. The second-order valence-electron chi connectivity index (χ2n) is 16.1. The van der Waals surface area contributed by atoms with E-state index >= 15 is 0 Å². The van der Waals surface area contributed by atoms with Crippen molar-refractivity contribution in [3.63, 3.8) is 0 Å². The molecular formula is C51H55N3O7S. The third-order valence-electron chi connectivity index (χ3n) is 11.7. The van der Waals surface area contributed by atoms with Crippen LogP contribution in [0.5, 0.6) is 0 Å². The summed E-state index contributed by atoms with van der Waals surface area (Å²) in [5.74, 6) is -0.675. The minimum absolute atomic E-state index is 0.0712. The van der Waals surface area contributed by atoms with Gasteiger partial charge in [-0.3, -0.25) is 9.69 Å². The standard InChI is InChI=1S/C51H55N3O7S/c1-35-19-29-44(30-20-35)62(58,59)53-45(31-37-13-7-4-8-14-37)50(57)52-32-38-21-27-43(28-22-38)51-60-46(33-54(3)36(2)48(56)41-17-11-6-12-18-41)47(40-15-9-5-10-16-40)49(61-51)42-25-23-39(34-55)24-26-42/h4-30,36,45-49,51,53,55-56H,31-34H2,1-3H3,(H,52,57)/t36-,45+,46+,47+,48-,49-,51?/m0/s1. The van der Waals surface area contributed by atoms with Crippen molar-refractivity contribution in [3.8, 4) is 0 Å².